The number of nitrogens with zero attached hydrogens (tertiary/aromatic N) is 3. The van der Waals surface area contributed by atoms with Crippen molar-refractivity contribution in [1.29, 1.82) is 0 Å². The SMILES string of the molecule is Cc1cc2c(N3CCC(=O)NC3=O)cccc2n1C1CCN(C(=O)O)CC1. The summed E-state index contributed by atoms with van der Waals surface area (Å²) in [5.41, 5.74) is 2.91. The van der Waals surface area contributed by atoms with E-state index in [0.717, 1.165) is 35.1 Å². The van der Waals surface area contributed by atoms with Crippen LogP contribution in [0.1, 0.15) is 31.0 Å². The highest BCUT2D eigenvalue weighted by molar-refractivity contribution is 6.09. The number of fused-ring (bicyclic) bond motifs is 1. The van der Waals surface area contributed by atoms with Gasteiger partial charge in [-0.05, 0) is 38.0 Å². The van der Waals surface area contributed by atoms with Crippen LogP contribution < -0.4 is 10.2 Å². The number of hydrogen-bond acceptors (Lipinski definition) is 3. The lowest BCUT2D eigenvalue weighted by molar-refractivity contribution is -0.120. The average molecular weight is 370 g/mol. The van der Waals surface area contributed by atoms with Crippen LogP contribution in [-0.2, 0) is 4.79 Å². The summed E-state index contributed by atoms with van der Waals surface area (Å²) >= 11 is 0. The van der Waals surface area contributed by atoms with Gasteiger partial charge in [-0.15, -0.1) is 0 Å². The fourth-order valence-electron chi connectivity index (χ4n) is 4.20. The Balaban J connectivity index is 1.68. The first-order valence-electron chi connectivity index (χ1n) is 9.15. The van der Waals surface area contributed by atoms with E-state index >= 15 is 0 Å². The van der Waals surface area contributed by atoms with E-state index in [1.807, 2.05) is 25.1 Å². The molecule has 0 spiro atoms. The predicted molar refractivity (Wildman–Crippen MR) is 100 cm³/mol. The Morgan fingerprint density at radius 3 is 2.59 bits per heavy atom. The number of aryl methyl sites for hydroxylation is 1. The number of aromatic nitrogens is 1. The number of anilines is 1. The van der Waals surface area contributed by atoms with Gasteiger partial charge in [0, 0.05) is 43.2 Å². The molecular formula is C19H22N4O4. The maximum absolute atomic E-state index is 12.3. The number of urea groups is 1. The monoisotopic (exact) mass is 370 g/mol. The summed E-state index contributed by atoms with van der Waals surface area (Å²) in [5, 5.41) is 12.5. The molecule has 27 heavy (non-hydrogen) atoms. The molecule has 8 nitrogen and oxygen atoms in total. The van der Waals surface area contributed by atoms with E-state index in [1.165, 1.54) is 4.90 Å². The van der Waals surface area contributed by atoms with Crippen LogP contribution in [-0.4, -0.2) is 52.2 Å². The quantitative estimate of drug-likeness (QED) is 0.850. The normalized spacial score (nSPS) is 18.9. The van der Waals surface area contributed by atoms with Gasteiger partial charge in [0.2, 0.25) is 5.91 Å². The van der Waals surface area contributed by atoms with E-state index in [9.17, 15) is 14.4 Å². The highest BCUT2D eigenvalue weighted by atomic mass is 16.4. The highest BCUT2D eigenvalue weighted by Gasteiger charge is 2.28. The third kappa shape index (κ3) is 3.01. The lowest BCUT2D eigenvalue weighted by Crippen LogP contribution is -2.49. The maximum atomic E-state index is 12.3. The molecule has 2 aliphatic heterocycles. The molecule has 2 aromatic rings. The second-order valence-electron chi connectivity index (χ2n) is 7.12. The first-order chi connectivity index (χ1) is 13.0. The molecule has 2 fully saturated rings. The van der Waals surface area contributed by atoms with Gasteiger partial charge in [-0.1, -0.05) is 6.07 Å². The van der Waals surface area contributed by atoms with Crippen LogP contribution in [0.15, 0.2) is 24.3 Å². The molecule has 8 heteroatoms. The zero-order valence-corrected chi connectivity index (χ0v) is 15.1. The van der Waals surface area contributed by atoms with Gasteiger partial charge in [0.05, 0.1) is 11.2 Å². The molecule has 0 radical (unpaired) electrons. The smallest absolute Gasteiger partial charge is 0.407 e. The Morgan fingerprint density at radius 1 is 1.19 bits per heavy atom. The van der Waals surface area contributed by atoms with Crippen molar-refractivity contribution in [1.82, 2.24) is 14.8 Å². The fraction of sp³-hybridized carbons (Fsp3) is 0.421. The number of nitrogens with one attached hydrogen (secondary N) is 1. The topological polar surface area (TPSA) is 94.9 Å². The van der Waals surface area contributed by atoms with Crippen LogP contribution in [0.5, 0.6) is 0 Å². The minimum atomic E-state index is -0.865. The summed E-state index contributed by atoms with van der Waals surface area (Å²) in [6.07, 6.45) is 0.949. The Hall–Kier alpha value is -3.03. The van der Waals surface area contributed by atoms with Gasteiger partial charge < -0.3 is 14.6 Å². The van der Waals surface area contributed by atoms with Crippen molar-refractivity contribution in [2.24, 2.45) is 0 Å². The Kier molecular flexibility index (Phi) is 4.25. The first kappa shape index (κ1) is 17.4. The number of carbonyl (C=O) groups is 3. The van der Waals surface area contributed by atoms with Crippen molar-refractivity contribution in [3.8, 4) is 0 Å². The Morgan fingerprint density at radius 2 is 1.93 bits per heavy atom. The standard InChI is InChI=1S/C19H22N4O4/c1-12-11-14-15(22-10-7-17(24)20-18(22)25)3-2-4-16(14)23(12)13-5-8-21(9-6-13)19(26)27/h2-4,11,13H,5-10H2,1H3,(H,26,27)(H,20,24,25). The van der Waals surface area contributed by atoms with E-state index < -0.39 is 6.09 Å². The van der Waals surface area contributed by atoms with Gasteiger partial charge in [-0.3, -0.25) is 15.0 Å². The van der Waals surface area contributed by atoms with Gasteiger partial charge in [0.1, 0.15) is 0 Å². The minimum absolute atomic E-state index is 0.227. The number of imide groups is 1. The molecule has 1 aromatic heterocycles. The molecule has 2 aliphatic rings. The Bertz CT molecular complexity index is 927. The zero-order valence-electron chi connectivity index (χ0n) is 15.1. The molecule has 142 valence electrons. The van der Waals surface area contributed by atoms with E-state index in [1.54, 1.807) is 4.90 Å². The minimum Gasteiger partial charge on any atom is -0.465 e. The van der Waals surface area contributed by atoms with Crippen LogP contribution in [0.4, 0.5) is 15.3 Å². The summed E-state index contributed by atoms with van der Waals surface area (Å²) in [7, 11) is 0. The molecule has 4 rings (SSSR count). The second-order valence-corrected chi connectivity index (χ2v) is 7.12. The largest absolute Gasteiger partial charge is 0.465 e. The number of carboxylic acid groups (broad SMARTS) is 1. The molecule has 2 N–H and O–H groups in total. The molecule has 0 atom stereocenters. The number of piperidine rings is 1. The molecule has 0 bridgehead atoms. The van der Waals surface area contributed by atoms with Gasteiger partial charge in [-0.25, -0.2) is 9.59 Å². The van der Waals surface area contributed by atoms with Gasteiger partial charge >= 0.3 is 12.1 Å². The number of benzene rings is 1. The molecule has 3 heterocycles. The van der Waals surface area contributed by atoms with Crippen molar-refractivity contribution in [2.75, 3.05) is 24.5 Å². The summed E-state index contributed by atoms with van der Waals surface area (Å²) in [6.45, 7) is 3.45. The van der Waals surface area contributed by atoms with Gasteiger partial charge in [0.25, 0.3) is 0 Å². The lowest BCUT2D eigenvalue weighted by Gasteiger charge is -2.32. The van der Waals surface area contributed by atoms with Crippen LogP contribution in [0.25, 0.3) is 10.9 Å². The number of hydrogen-bond donors (Lipinski definition) is 2. The molecule has 1 aromatic carbocycles. The van der Waals surface area contributed by atoms with E-state index in [4.69, 9.17) is 5.11 Å². The molecule has 0 saturated carbocycles. The van der Waals surface area contributed by atoms with Crippen LogP contribution in [0, 0.1) is 6.92 Å². The summed E-state index contributed by atoms with van der Waals surface area (Å²) in [5.74, 6) is -0.248. The molecule has 0 unspecified atom stereocenters. The van der Waals surface area contributed by atoms with E-state index in [0.29, 0.717) is 19.6 Å². The van der Waals surface area contributed by atoms with Crippen molar-refractivity contribution in [3.05, 3.63) is 30.0 Å². The van der Waals surface area contributed by atoms with Crippen LogP contribution >= 0.6 is 0 Å². The van der Waals surface area contributed by atoms with Crippen molar-refractivity contribution in [2.45, 2.75) is 32.2 Å². The molecule has 4 amide bonds. The predicted octanol–water partition coefficient (Wildman–Crippen LogP) is 2.71. The molecule has 2 saturated heterocycles. The summed E-state index contributed by atoms with van der Waals surface area (Å²) < 4.78 is 2.25. The van der Waals surface area contributed by atoms with Crippen LogP contribution in [0.2, 0.25) is 0 Å². The molecular weight excluding hydrogens is 348 g/mol. The zero-order chi connectivity index (χ0) is 19.1. The molecule has 0 aliphatic carbocycles. The first-order valence-corrected chi connectivity index (χ1v) is 9.15. The van der Waals surface area contributed by atoms with Gasteiger partial charge in [0.15, 0.2) is 0 Å². The van der Waals surface area contributed by atoms with Crippen molar-refractivity contribution < 1.29 is 19.5 Å². The van der Waals surface area contributed by atoms with Crippen molar-refractivity contribution in [3.63, 3.8) is 0 Å². The third-order valence-electron chi connectivity index (χ3n) is 5.50. The summed E-state index contributed by atoms with van der Waals surface area (Å²) in [6, 6.07) is 7.75. The second kappa shape index (κ2) is 6.61. The fourth-order valence-corrected chi connectivity index (χ4v) is 4.20. The maximum Gasteiger partial charge on any atom is 0.407 e. The Labute approximate surface area is 156 Å². The number of likely N-dealkylation sites (tertiary alicyclic amines) is 1. The summed E-state index contributed by atoms with van der Waals surface area (Å²) in [4.78, 5) is 37.9. The highest BCUT2D eigenvalue weighted by Crippen LogP contribution is 2.35. The number of rotatable bonds is 2. The van der Waals surface area contributed by atoms with E-state index in [2.05, 4.69) is 16.0 Å². The number of amides is 4. The number of carbonyl (C=O) groups excluding carboxylic acids is 2. The van der Waals surface area contributed by atoms with Gasteiger partial charge in [-0.2, -0.15) is 0 Å². The average Bonchev–Trinajstić information content (AvgIpc) is 2.98. The van der Waals surface area contributed by atoms with Crippen molar-refractivity contribution >= 4 is 34.6 Å². The lowest BCUT2D eigenvalue weighted by atomic mass is 10.0. The van der Waals surface area contributed by atoms with E-state index in [-0.39, 0.29) is 24.4 Å². The van der Waals surface area contributed by atoms with Crippen LogP contribution in [0.3, 0.4) is 0 Å². The third-order valence-corrected chi connectivity index (χ3v) is 5.50.